The summed E-state index contributed by atoms with van der Waals surface area (Å²) in [4.78, 5) is 0.941. The number of nitrogens with zero attached hydrogens (tertiary/aromatic N) is 1. The molecule has 1 aromatic carbocycles. The molecular formula is C11H8N2S2. The molecule has 0 atom stereocenters. The minimum Gasteiger partial charge on any atom is -0.398 e. The van der Waals surface area contributed by atoms with Gasteiger partial charge in [-0.1, -0.05) is 17.8 Å². The van der Waals surface area contributed by atoms with Crippen molar-refractivity contribution in [2.75, 3.05) is 5.73 Å². The van der Waals surface area contributed by atoms with Gasteiger partial charge in [0.25, 0.3) is 0 Å². The first-order valence-corrected chi connectivity index (χ1v) is 6.00. The first kappa shape index (κ1) is 10.1. The van der Waals surface area contributed by atoms with Gasteiger partial charge in [-0.2, -0.15) is 5.26 Å². The van der Waals surface area contributed by atoms with Crippen LogP contribution in [0, 0.1) is 11.3 Å². The summed E-state index contributed by atoms with van der Waals surface area (Å²) in [7, 11) is 0. The van der Waals surface area contributed by atoms with E-state index in [0.717, 1.165) is 4.90 Å². The molecule has 1 aromatic heterocycles. The molecule has 0 bridgehead atoms. The third-order valence-electron chi connectivity index (χ3n) is 1.85. The molecule has 0 aliphatic rings. The lowest BCUT2D eigenvalue weighted by Gasteiger charge is -2.03. The first-order chi connectivity index (χ1) is 7.29. The number of rotatable bonds is 2. The minimum absolute atomic E-state index is 0.642. The lowest BCUT2D eigenvalue weighted by Crippen LogP contribution is -1.88. The van der Waals surface area contributed by atoms with Gasteiger partial charge in [0.05, 0.1) is 15.8 Å². The normalized spacial score (nSPS) is 9.80. The van der Waals surface area contributed by atoms with Crippen molar-refractivity contribution >= 4 is 28.8 Å². The van der Waals surface area contributed by atoms with E-state index in [2.05, 4.69) is 6.07 Å². The number of nitrogens with two attached hydrogens (primary N) is 1. The van der Waals surface area contributed by atoms with Crippen molar-refractivity contribution in [2.24, 2.45) is 0 Å². The second kappa shape index (κ2) is 4.39. The van der Waals surface area contributed by atoms with Gasteiger partial charge in [-0.15, -0.1) is 11.3 Å². The highest BCUT2D eigenvalue weighted by Crippen LogP contribution is 2.35. The van der Waals surface area contributed by atoms with Crippen LogP contribution in [0.15, 0.2) is 44.8 Å². The average molecular weight is 232 g/mol. The summed E-state index contributed by atoms with van der Waals surface area (Å²) in [6.07, 6.45) is 0. The summed E-state index contributed by atoms with van der Waals surface area (Å²) in [5.41, 5.74) is 7.19. The maximum atomic E-state index is 8.78. The molecule has 0 saturated carbocycles. The quantitative estimate of drug-likeness (QED) is 0.808. The Balaban J connectivity index is 2.32. The predicted molar refractivity (Wildman–Crippen MR) is 64.0 cm³/mol. The third kappa shape index (κ3) is 2.32. The molecule has 2 N–H and O–H groups in total. The van der Waals surface area contributed by atoms with Gasteiger partial charge in [-0.3, -0.25) is 0 Å². The summed E-state index contributed by atoms with van der Waals surface area (Å²) in [6, 6.07) is 11.5. The zero-order valence-electron chi connectivity index (χ0n) is 7.81. The monoisotopic (exact) mass is 232 g/mol. The van der Waals surface area contributed by atoms with E-state index in [1.807, 2.05) is 23.6 Å². The van der Waals surface area contributed by atoms with Crippen LogP contribution in [0.3, 0.4) is 0 Å². The molecule has 74 valence electrons. The van der Waals surface area contributed by atoms with Crippen molar-refractivity contribution in [3.8, 4) is 6.07 Å². The Bertz CT molecular complexity index is 498. The van der Waals surface area contributed by atoms with E-state index in [0.29, 0.717) is 11.3 Å². The predicted octanol–water partition coefficient (Wildman–Crippen LogP) is 3.35. The molecule has 15 heavy (non-hydrogen) atoms. The van der Waals surface area contributed by atoms with Crippen LogP contribution in [0.4, 0.5) is 5.69 Å². The van der Waals surface area contributed by atoms with Gasteiger partial charge in [0.2, 0.25) is 0 Å². The summed E-state index contributed by atoms with van der Waals surface area (Å²) >= 11 is 3.26. The summed E-state index contributed by atoms with van der Waals surface area (Å²) in [5, 5.41) is 10.8. The van der Waals surface area contributed by atoms with Gasteiger partial charge >= 0.3 is 0 Å². The van der Waals surface area contributed by atoms with Gasteiger partial charge < -0.3 is 5.73 Å². The van der Waals surface area contributed by atoms with Gasteiger partial charge in [-0.05, 0) is 29.6 Å². The topological polar surface area (TPSA) is 49.8 Å². The van der Waals surface area contributed by atoms with Crippen LogP contribution in [0.5, 0.6) is 0 Å². The van der Waals surface area contributed by atoms with Crippen molar-refractivity contribution < 1.29 is 0 Å². The van der Waals surface area contributed by atoms with E-state index in [9.17, 15) is 0 Å². The molecular weight excluding hydrogens is 224 g/mol. The molecule has 0 aliphatic heterocycles. The molecule has 0 aliphatic carbocycles. The lowest BCUT2D eigenvalue weighted by molar-refractivity contribution is 1.40. The first-order valence-electron chi connectivity index (χ1n) is 4.30. The fourth-order valence-corrected chi connectivity index (χ4v) is 2.93. The van der Waals surface area contributed by atoms with Crippen LogP contribution in [0.2, 0.25) is 0 Å². The van der Waals surface area contributed by atoms with E-state index in [1.54, 1.807) is 35.2 Å². The molecule has 0 radical (unpaired) electrons. The van der Waals surface area contributed by atoms with E-state index >= 15 is 0 Å². The molecule has 0 fully saturated rings. The fourth-order valence-electron chi connectivity index (χ4n) is 1.12. The second-order valence-electron chi connectivity index (χ2n) is 2.90. The highest BCUT2D eigenvalue weighted by Gasteiger charge is 2.03. The molecule has 1 heterocycles. The molecule has 0 unspecified atom stereocenters. The standard InChI is InChI=1S/C11H8N2S2/c12-7-8-3-4-9(13)10(6-8)15-11-2-1-5-14-11/h1-6H,13H2. The lowest BCUT2D eigenvalue weighted by atomic mass is 10.2. The molecule has 4 heteroatoms. The fraction of sp³-hybridized carbons (Fsp3) is 0. The molecule has 2 aromatic rings. The zero-order valence-corrected chi connectivity index (χ0v) is 9.44. The zero-order chi connectivity index (χ0) is 10.7. The maximum Gasteiger partial charge on any atom is 0.0992 e. The number of hydrogen-bond donors (Lipinski definition) is 1. The highest BCUT2D eigenvalue weighted by atomic mass is 32.2. The number of benzene rings is 1. The van der Waals surface area contributed by atoms with Gasteiger partial charge in [0.1, 0.15) is 0 Å². The van der Waals surface area contributed by atoms with Crippen molar-refractivity contribution in [3.63, 3.8) is 0 Å². The number of nitriles is 1. The van der Waals surface area contributed by atoms with Gasteiger partial charge in [0, 0.05) is 10.6 Å². The Morgan fingerprint density at radius 1 is 1.33 bits per heavy atom. The summed E-state index contributed by atoms with van der Waals surface area (Å²) in [6.45, 7) is 0. The molecule has 0 amide bonds. The van der Waals surface area contributed by atoms with Crippen LogP contribution < -0.4 is 5.73 Å². The summed E-state index contributed by atoms with van der Waals surface area (Å²) in [5.74, 6) is 0. The van der Waals surface area contributed by atoms with Crippen molar-refractivity contribution in [1.29, 1.82) is 5.26 Å². The Morgan fingerprint density at radius 2 is 2.20 bits per heavy atom. The van der Waals surface area contributed by atoms with Crippen LogP contribution in [-0.2, 0) is 0 Å². The largest absolute Gasteiger partial charge is 0.398 e. The van der Waals surface area contributed by atoms with E-state index in [1.165, 1.54) is 4.21 Å². The van der Waals surface area contributed by atoms with E-state index in [-0.39, 0.29) is 0 Å². The Kier molecular flexibility index (Phi) is 2.95. The molecule has 0 saturated heterocycles. The van der Waals surface area contributed by atoms with Gasteiger partial charge in [-0.25, -0.2) is 0 Å². The van der Waals surface area contributed by atoms with Crippen molar-refractivity contribution in [1.82, 2.24) is 0 Å². The number of thiophene rings is 1. The smallest absolute Gasteiger partial charge is 0.0992 e. The number of anilines is 1. The Hall–Kier alpha value is -1.44. The van der Waals surface area contributed by atoms with Crippen LogP contribution in [0.1, 0.15) is 5.56 Å². The second-order valence-corrected chi connectivity index (χ2v) is 5.19. The minimum atomic E-state index is 0.642. The number of nitrogen functional groups attached to an aromatic ring is 1. The van der Waals surface area contributed by atoms with Crippen LogP contribution in [0.25, 0.3) is 0 Å². The molecule has 0 spiro atoms. The average Bonchev–Trinajstić information content (AvgIpc) is 2.74. The summed E-state index contributed by atoms with van der Waals surface area (Å²) < 4.78 is 1.18. The van der Waals surface area contributed by atoms with E-state index < -0.39 is 0 Å². The van der Waals surface area contributed by atoms with Crippen molar-refractivity contribution in [3.05, 3.63) is 41.3 Å². The van der Waals surface area contributed by atoms with Gasteiger partial charge in [0.15, 0.2) is 0 Å². The van der Waals surface area contributed by atoms with Crippen LogP contribution >= 0.6 is 23.1 Å². The molecule has 2 rings (SSSR count). The third-order valence-corrected chi connectivity index (χ3v) is 3.96. The molecule has 2 nitrogen and oxygen atoms in total. The number of hydrogen-bond acceptors (Lipinski definition) is 4. The highest BCUT2D eigenvalue weighted by molar-refractivity contribution is 8.01. The van der Waals surface area contributed by atoms with Crippen LogP contribution in [-0.4, -0.2) is 0 Å². The Morgan fingerprint density at radius 3 is 2.87 bits per heavy atom. The van der Waals surface area contributed by atoms with Crippen molar-refractivity contribution in [2.45, 2.75) is 9.10 Å². The SMILES string of the molecule is N#Cc1ccc(N)c(Sc2cccs2)c1. The van der Waals surface area contributed by atoms with E-state index in [4.69, 9.17) is 11.0 Å². The maximum absolute atomic E-state index is 8.78. The Labute approximate surface area is 96.3 Å².